The number of aryl methyl sites for hydroxylation is 1. The van der Waals surface area contributed by atoms with Crippen LogP contribution in [0, 0.1) is 0 Å². The Bertz CT molecular complexity index is 1630. The van der Waals surface area contributed by atoms with E-state index in [1.165, 1.54) is 5.56 Å². The second kappa shape index (κ2) is 13.0. The molecule has 0 amide bonds. The molecule has 0 aliphatic heterocycles. The number of hydrogen-bond donors (Lipinski definition) is 0. The predicted molar refractivity (Wildman–Crippen MR) is 161 cm³/mol. The summed E-state index contributed by atoms with van der Waals surface area (Å²) in [6.45, 7) is 2.91. The molecule has 0 aliphatic carbocycles. The molecular formula is C31H34N8Sn. The summed E-state index contributed by atoms with van der Waals surface area (Å²) in [5, 5.41) is 20.3. The average molecular weight is 637 g/mol. The maximum atomic E-state index is 4.98. The van der Waals surface area contributed by atoms with Gasteiger partial charge in [-0.2, -0.15) is 14.8 Å². The number of nitrogens with zero attached hydrogens (tertiary/aromatic N) is 8. The Morgan fingerprint density at radius 1 is 0.825 bits per heavy atom. The van der Waals surface area contributed by atoms with Crippen molar-refractivity contribution in [3.8, 4) is 33.8 Å². The van der Waals surface area contributed by atoms with Gasteiger partial charge < -0.3 is 5.10 Å². The quantitative estimate of drug-likeness (QED) is 0.179. The van der Waals surface area contributed by atoms with Gasteiger partial charge in [0.05, 0.1) is 18.4 Å². The van der Waals surface area contributed by atoms with Crippen LogP contribution in [-0.4, -0.2) is 54.5 Å². The molecule has 0 spiro atoms. The molecule has 202 valence electrons. The summed E-state index contributed by atoms with van der Waals surface area (Å²) in [5.41, 5.74) is 6.36. The molecule has 0 radical (unpaired) electrons. The van der Waals surface area contributed by atoms with Crippen LogP contribution in [0.25, 0.3) is 39.5 Å². The second-order valence-electron chi connectivity index (χ2n) is 10.3. The fraction of sp³-hybridized carbons (Fsp3) is 0.258. The number of imidazole rings is 1. The molecule has 0 saturated heterocycles. The summed E-state index contributed by atoms with van der Waals surface area (Å²) in [4.78, 5) is 11.9. The van der Waals surface area contributed by atoms with Gasteiger partial charge in [-0.05, 0) is 28.7 Å². The monoisotopic (exact) mass is 638 g/mol. The Morgan fingerprint density at radius 2 is 1.52 bits per heavy atom. The molecule has 9 heteroatoms. The maximum absolute atomic E-state index is 4.98. The third-order valence-corrected chi connectivity index (χ3v) is 6.40. The molecule has 0 bridgehead atoms. The van der Waals surface area contributed by atoms with Gasteiger partial charge >= 0.3 is 34.6 Å². The minimum atomic E-state index is -0.543. The SMILES string of the molecule is CCCCc1nn2c(-c3ccccc3)cnc2n1Cc1ccc(-c2ccccc2-c2nnn[n-]2)cc1.[CH3][Sn+]([CH3])[CH3]. The minimum absolute atomic E-state index is 0.532. The molecule has 0 fully saturated rings. The number of unbranched alkanes of at least 4 members (excludes halogenated alkanes) is 1. The van der Waals surface area contributed by atoms with E-state index in [4.69, 9.17) is 10.1 Å². The zero-order chi connectivity index (χ0) is 27.9. The van der Waals surface area contributed by atoms with Gasteiger partial charge in [-0.1, -0.05) is 92.2 Å². The van der Waals surface area contributed by atoms with E-state index >= 15 is 0 Å². The summed E-state index contributed by atoms with van der Waals surface area (Å²) in [7, 11) is 0. The molecule has 0 unspecified atom stereocenters. The molecule has 0 aliphatic rings. The Morgan fingerprint density at radius 3 is 2.20 bits per heavy atom. The Hall–Kier alpha value is -3.79. The third kappa shape index (κ3) is 6.33. The zero-order valence-electron chi connectivity index (χ0n) is 23.5. The Kier molecular flexibility index (Phi) is 9.05. The van der Waals surface area contributed by atoms with Gasteiger partial charge in [-0.3, -0.25) is 14.9 Å². The van der Waals surface area contributed by atoms with Crippen molar-refractivity contribution in [1.82, 2.24) is 39.8 Å². The Balaban J connectivity index is 0.000000758. The van der Waals surface area contributed by atoms with Crippen LogP contribution in [0.3, 0.4) is 0 Å². The molecule has 0 atom stereocenters. The molecule has 3 heterocycles. The first-order chi connectivity index (χ1) is 19.5. The molecule has 40 heavy (non-hydrogen) atoms. The van der Waals surface area contributed by atoms with Crippen LogP contribution >= 0.6 is 0 Å². The fourth-order valence-corrected chi connectivity index (χ4v) is 4.55. The van der Waals surface area contributed by atoms with Crippen LogP contribution in [0.4, 0.5) is 0 Å². The number of rotatable bonds is 8. The Labute approximate surface area is 242 Å². The van der Waals surface area contributed by atoms with E-state index in [2.05, 4.69) is 89.4 Å². The first-order valence-electron chi connectivity index (χ1n) is 13.7. The number of hydrogen-bond acceptors (Lipinski definition) is 5. The van der Waals surface area contributed by atoms with Gasteiger partial charge in [0.15, 0.2) is 0 Å². The number of fused-ring (bicyclic) bond motifs is 1. The number of tetrazole rings is 1. The molecule has 6 aromatic rings. The first kappa shape index (κ1) is 27.8. The fourth-order valence-electron chi connectivity index (χ4n) is 4.55. The molecule has 6 rings (SSSR count). The van der Waals surface area contributed by atoms with Crippen molar-refractivity contribution in [2.45, 2.75) is 47.5 Å². The normalized spacial score (nSPS) is 10.9. The third-order valence-electron chi connectivity index (χ3n) is 6.40. The van der Waals surface area contributed by atoms with Gasteiger partial charge in [0.25, 0.3) is 0 Å². The van der Waals surface area contributed by atoms with Gasteiger partial charge in [-0.15, -0.1) is 0 Å². The second-order valence-corrected chi connectivity index (χ2v) is 18.8. The van der Waals surface area contributed by atoms with Crippen molar-refractivity contribution >= 4 is 25.5 Å². The van der Waals surface area contributed by atoms with E-state index in [9.17, 15) is 0 Å². The van der Waals surface area contributed by atoms with E-state index in [0.29, 0.717) is 12.4 Å². The van der Waals surface area contributed by atoms with Crippen LogP contribution < -0.4 is 5.10 Å². The summed E-state index contributed by atoms with van der Waals surface area (Å²) < 4.78 is 4.22. The van der Waals surface area contributed by atoms with Crippen LogP contribution in [0.5, 0.6) is 0 Å². The van der Waals surface area contributed by atoms with E-state index in [-0.39, 0.29) is 0 Å². The number of benzene rings is 3. The van der Waals surface area contributed by atoms with Crippen molar-refractivity contribution in [3.05, 3.63) is 96.4 Å². The van der Waals surface area contributed by atoms with Gasteiger partial charge in [0.2, 0.25) is 5.78 Å². The van der Waals surface area contributed by atoms with Gasteiger partial charge in [-0.25, -0.2) is 4.98 Å². The average Bonchev–Trinajstić information content (AvgIpc) is 3.71. The molecule has 0 saturated carbocycles. The first-order valence-corrected chi connectivity index (χ1v) is 22.2. The standard InChI is InChI=1S/C28H25N8.3CH3.Sn/c1-2-3-13-26-32-36-25(22-9-5-4-6-10-22)18-29-28(36)35(26)19-20-14-16-21(17-15-20)23-11-7-8-12-24(23)27-30-33-34-31-27;;;;/h4-12,14-18H,2-3,13,19H2,1H3;3*1H3;/q-1;;;;+1. The topological polar surface area (TPSA) is 87.9 Å². The van der Waals surface area contributed by atoms with Gasteiger partial charge in [0, 0.05) is 17.8 Å². The van der Waals surface area contributed by atoms with E-state index in [1.807, 2.05) is 47.1 Å². The summed E-state index contributed by atoms with van der Waals surface area (Å²) in [6, 6.07) is 26.9. The van der Waals surface area contributed by atoms with Crippen LogP contribution in [0.15, 0.2) is 85.1 Å². The molecule has 3 aromatic carbocycles. The van der Waals surface area contributed by atoms with E-state index < -0.39 is 19.8 Å². The van der Waals surface area contributed by atoms with Crippen LogP contribution in [0.2, 0.25) is 14.8 Å². The van der Waals surface area contributed by atoms with Gasteiger partial charge in [0.1, 0.15) is 5.82 Å². The van der Waals surface area contributed by atoms with Crippen molar-refractivity contribution in [2.75, 3.05) is 0 Å². The summed E-state index contributed by atoms with van der Waals surface area (Å²) in [6.07, 6.45) is 5.03. The van der Waals surface area contributed by atoms with Crippen LogP contribution in [-0.2, 0) is 13.0 Å². The van der Waals surface area contributed by atoms with E-state index in [0.717, 1.165) is 58.8 Å². The number of aromatic nitrogens is 8. The molecular weight excluding hydrogens is 603 g/mol. The summed E-state index contributed by atoms with van der Waals surface area (Å²) in [5.74, 6) is 2.45. The summed E-state index contributed by atoms with van der Waals surface area (Å²) >= 11 is -0.543. The van der Waals surface area contributed by atoms with Crippen molar-refractivity contribution in [3.63, 3.8) is 0 Å². The van der Waals surface area contributed by atoms with Crippen molar-refractivity contribution < 1.29 is 0 Å². The predicted octanol–water partition coefficient (Wildman–Crippen LogP) is 6.44. The molecule has 3 aromatic heterocycles. The zero-order valence-corrected chi connectivity index (χ0v) is 26.3. The van der Waals surface area contributed by atoms with E-state index in [1.54, 1.807) is 0 Å². The molecule has 0 N–H and O–H groups in total. The van der Waals surface area contributed by atoms with Crippen LogP contribution in [0.1, 0.15) is 31.2 Å². The van der Waals surface area contributed by atoms with Crippen molar-refractivity contribution in [1.29, 1.82) is 0 Å². The van der Waals surface area contributed by atoms with Crippen molar-refractivity contribution in [2.24, 2.45) is 0 Å². The molecule has 8 nitrogen and oxygen atoms in total.